The summed E-state index contributed by atoms with van der Waals surface area (Å²) >= 11 is 6.02. The molecule has 3 N–H and O–H groups in total. The van der Waals surface area contributed by atoms with Crippen molar-refractivity contribution in [3.63, 3.8) is 0 Å². The quantitative estimate of drug-likeness (QED) is 0.407. The summed E-state index contributed by atoms with van der Waals surface area (Å²) in [6.07, 6.45) is 3.99. The minimum absolute atomic E-state index is 0.0150. The largest absolute Gasteiger partial charge is 0.355 e. The molecule has 3 aromatic rings. The Labute approximate surface area is 221 Å². The molecule has 1 saturated heterocycles. The van der Waals surface area contributed by atoms with Gasteiger partial charge in [0, 0.05) is 48.4 Å². The minimum atomic E-state index is -3.53. The number of carbonyl (C=O) groups is 2. The third-order valence-corrected chi connectivity index (χ3v) is 7.42. The molecule has 11 heteroatoms. The van der Waals surface area contributed by atoms with Crippen LogP contribution in [0.4, 0.5) is 22.0 Å². The van der Waals surface area contributed by atoms with Crippen molar-refractivity contribution in [3.05, 3.63) is 77.4 Å². The van der Waals surface area contributed by atoms with Gasteiger partial charge in [0.25, 0.3) is 5.91 Å². The number of benzene rings is 2. The van der Waals surface area contributed by atoms with E-state index in [0.717, 1.165) is 24.8 Å². The number of aromatic nitrogens is 1. The molecule has 4 rings (SSSR count). The lowest BCUT2D eigenvalue weighted by Gasteiger charge is -2.34. The Kier molecular flexibility index (Phi) is 8.30. The average molecular weight is 542 g/mol. The van der Waals surface area contributed by atoms with E-state index in [-0.39, 0.29) is 16.8 Å². The molecule has 1 aliphatic heterocycles. The first-order valence-corrected chi connectivity index (χ1v) is 14.1. The molecule has 1 aliphatic rings. The van der Waals surface area contributed by atoms with E-state index in [4.69, 9.17) is 11.6 Å². The van der Waals surface area contributed by atoms with Gasteiger partial charge in [-0.2, -0.15) is 0 Å². The number of amides is 3. The lowest BCUT2D eigenvalue weighted by Crippen LogP contribution is -2.40. The molecule has 2 heterocycles. The normalized spacial score (nSPS) is 14.2. The molecule has 0 radical (unpaired) electrons. The van der Waals surface area contributed by atoms with E-state index in [1.54, 1.807) is 18.2 Å². The molecule has 37 heavy (non-hydrogen) atoms. The molecule has 0 unspecified atom stereocenters. The average Bonchev–Trinajstić information content (AvgIpc) is 2.88. The highest BCUT2D eigenvalue weighted by Gasteiger charge is 2.24. The number of hydrogen-bond donors (Lipinski definition) is 3. The molecule has 0 aliphatic carbocycles. The van der Waals surface area contributed by atoms with Gasteiger partial charge in [-0.05, 0) is 55.2 Å². The Bertz CT molecular complexity index is 1380. The summed E-state index contributed by atoms with van der Waals surface area (Å²) in [6, 6.07) is 16.9. The van der Waals surface area contributed by atoms with Gasteiger partial charge in [0.1, 0.15) is 0 Å². The van der Waals surface area contributed by atoms with Gasteiger partial charge in [-0.3, -0.25) is 4.79 Å². The molecule has 194 valence electrons. The van der Waals surface area contributed by atoms with Gasteiger partial charge in [0.05, 0.1) is 10.6 Å². The van der Waals surface area contributed by atoms with Gasteiger partial charge in [0.2, 0.25) is 0 Å². The lowest BCUT2D eigenvalue weighted by atomic mass is 9.96. The third kappa shape index (κ3) is 7.21. The first-order chi connectivity index (χ1) is 17.7. The van der Waals surface area contributed by atoms with E-state index in [9.17, 15) is 18.0 Å². The van der Waals surface area contributed by atoms with Crippen LogP contribution in [0, 0.1) is 5.92 Å². The second kappa shape index (κ2) is 11.6. The third-order valence-electron chi connectivity index (χ3n) is 6.10. The van der Waals surface area contributed by atoms with Crippen LogP contribution in [-0.4, -0.2) is 51.2 Å². The summed E-state index contributed by atoms with van der Waals surface area (Å²) in [6.45, 7) is 1.81. The highest BCUT2D eigenvalue weighted by atomic mass is 35.5. The summed E-state index contributed by atoms with van der Waals surface area (Å²) in [4.78, 5) is 31.5. The van der Waals surface area contributed by atoms with Crippen molar-refractivity contribution in [3.8, 4) is 0 Å². The Hall–Kier alpha value is -3.63. The van der Waals surface area contributed by atoms with Gasteiger partial charge in [-0.15, -0.1) is 0 Å². The second-order valence-corrected chi connectivity index (χ2v) is 11.4. The van der Waals surface area contributed by atoms with Crippen LogP contribution in [0.5, 0.6) is 0 Å². The van der Waals surface area contributed by atoms with E-state index in [2.05, 4.69) is 20.9 Å². The van der Waals surface area contributed by atoms with Crippen LogP contribution in [0.2, 0.25) is 5.02 Å². The number of hydrogen-bond acceptors (Lipinski definition) is 6. The van der Waals surface area contributed by atoms with Crippen molar-refractivity contribution in [2.75, 3.05) is 41.4 Å². The number of urea groups is 1. The van der Waals surface area contributed by atoms with Crippen LogP contribution in [0.25, 0.3) is 0 Å². The number of halogens is 1. The van der Waals surface area contributed by atoms with Crippen molar-refractivity contribution in [1.29, 1.82) is 0 Å². The number of nitrogens with one attached hydrogen (secondary N) is 3. The van der Waals surface area contributed by atoms with E-state index in [0.29, 0.717) is 41.7 Å². The molecule has 0 atom stereocenters. The predicted molar refractivity (Wildman–Crippen MR) is 145 cm³/mol. The predicted octanol–water partition coefficient (Wildman–Crippen LogP) is 4.43. The number of nitrogens with zero attached hydrogens (tertiary/aromatic N) is 2. The Morgan fingerprint density at radius 3 is 2.43 bits per heavy atom. The van der Waals surface area contributed by atoms with Crippen LogP contribution < -0.4 is 20.9 Å². The fourth-order valence-corrected chi connectivity index (χ4v) is 4.86. The number of pyridine rings is 1. The number of para-hydroxylation sites is 1. The summed E-state index contributed by atoms with van der Waals surface area (Å²) in [5, 5.41) is 8.96. The molecule has 1 fully saturated rings. The van der Waals surface area contributed by atoms with Crippen LogP contribution in [0.15, 0.2) is 71.8 Å². The maximum atomic E-state index is 12.9. The highest BCUT2D eigenvalue weighted by molar-refractivity contribution is 7.90. The van der Waals surface area contributed by atoms with Crippen LogP contribution in [0.1, 0.15) is 23.2 Å². The van der Waals surface area contributed by atoms with Crippen LogP contribution >= 0.6 is 11.6 Å². The van der Waals surface area contributed by atoms with Gasteiger partial charge in [-0.1, -0.05) is 35.9 Å². The molecule has 3 amide bonds. The van der Waals surface area contributed by atoms with Crippen molar-refractivity contribution < 1.29 is 18.0 Å². The van der Waals surface area contributed by atoms with E-state index >= 15 is 0 Å². The monoisotopic (exact) mass is 541 g/mol. The maximum absolute atomic E-state index is 12.9. The summed E-state index contributed by atoms with van der Waals surface area (Å²) < 4.78 is 24.3. The van der Waals surface area contributed by atoms with Gasteiger partial charge < -0.3 is 20.9 Å². The van der Waals surface area contributed by atoms with Gasteiger partial charge in [0.15, 0.2) is 15.7 Å². The lowest BCUT2D eigenvalue weighted by molar-refractivity contribution is 0.102. The van der Waals surface area contributed by atoms with Crippen molar-refractivity contribution in [2.24, 2.45) is 5.92 Å². The maximum Gasteiger partial charge on any atom is 0.319 e. The standard InChI is InChI=1S/C26H28ClN5O4S/c1-37(35,36)22-15-23(31-25(33)19-6-5-7-20(27)14-19)24(28-17-22)32-12-10-18(11-13-32)16-29-26(34)30-21-8-3-2-4-9-21/h2-9,14-15,17-18H,10-13,16H2,1H3,(H,31,33)(H2,29,30,34). The number of carbonyl (C=O) groups excluding carboxylic acids is 2. The fraction of sp³-hybridized carbons (Fsp3) is 0.269. The first kappa shape index (κ1) is 26.4. The zero-order valence-electron chi connectivity index (χ0n) is 20.3. The summed E-state index contributed by atoms with van der Waals surface area (Å²) in [5.74, 6) is 0.355. The summed E-state index contributed by atoms with van der Waals surface area (Å²) in [7, 11) is -3.53. The molecule has 0 spiro atoms. The SMILES string of the molecule is CS(=O)(=O)c1cnc(N2CCC(CNC(=O)Nc3ccccc3)CC2)c(NC(=O)c2cccc(Cl)c2)c1. The number of rotatable bonds is 7. The first-order valence-electron chi connectivity index (χ1n) is 11.8. The number of sulfone groups is 1. The van der Waals surface area contributed by atoms with E-state index in [1.807, 2.05) is 35.2 Å². The summed E-state index contributed by atoms with van der Waals surface area (Å²) in [5.41, 5.74) is 1.39. The zero-order chi connectivity index (χ0) is 26.4. The molecule has 2 aromatic carbocycles. The second-order valence-electron chi connectivity index (χ2n) is 8.91. The smallest absolute Gasteiger partial charge is 0.319 e. The number of piperidine rings is 1. The molecular formula is C26H28ClN5O4S. The van der Waals surface area contributed by atoms with Crippen LogP contribution in [0.3, 0.4) is 0 Å². The van der Waals surface area contributed by atoms with Crippen LogP contribution in [-0.2, 0) is 9.84 Å². The van der Waals surface area contributed by atoms with Gasteiger partial charge >= 0.3 is 6.03 Å². The van der Waals surface area contributed by atoms with Crippen molar-refractivity contribution >= 4 is 50.6 Å². The van der Waals surface area contributed by atoms with E-state index < -0.39 is 15.7 Å². The number of anilines is 3. The highest BCUT2D eigenvalue weighted by Crippen LogP contribution is 2.30. The fourth-order valence-electron chi connectivity index (χ4n) is 4.09. The molecular weight excluding hydrogens is 514 g/mol. The molecule has 1 aromatic heterocycles. The Morgan fingerprint density at radius 1 is 1.03 bits per heavy atom. The molecule has 0 bridgehead atoms. The Balaban J connectivity index is 1.41. The van der Waals surface area contributed by atoms with Crippen molar-refractivity contribution in [2.45, 2.75) is 17.7 Å². The Morgan fingerprint density at radius 2 is 1.76 bits per heavy atom. The molecule has 0 saturated carbocycles. The topological polar surface area (TPSA) is 120 Å². The molecule has 9 nitrogen and oxygen atoms in total. The van der Waals surface area contributed by atoms with E-state index in [1.165, 1.54) is 18.3 Å². The van der Waals surface area contributed by atoms with Crippen molar-refractivity contribution in [1.82, 2.24) is 10.3 Å². The zero-order valence-corrected chi connectivity index (χ0v) is 21.8. The van der Waals surface area contributed by atoms with Gasteiger partial charge in [-0.25, -0.2) is 18.2 Å². The minimum Gasteiger partial charge on any atom is -0.355 e.